The van der Waals surface area contributed by atoms with Crippen LogP contribution in [0.1, 0.15) is 6.42 Å². The van der Waals surface area contributed by atoms with Gasteiger partial charge in [-0.25, -0.2) is 4.99 Å². The van der Waals surface area contributed by atoms with E-state index < -0.39 is 0 Å². The monoisotopic (exact) mass is 99.1 g/mol. The number of hydrogen-bond acceptors (Lipinski definition) is 1. The highest BCUT2D eigenvalue weighted by Crippen LogP contribution is 1.75. The van der Waals surface area contributed by atoms with E-state index in [0.717, 1.165) is 6.54 Å². The normalized spacial score (nSPS) is 30.7. The van der Waals surface area contributed by atoms with Gasteiger partial charge in [0.05, 0.1) is 13.6 Å². The maximum Gasteiger partial charge on any atom is 0.183 e. The third kappa shape index (κ3) is 1.27. The summed E-state index contributed by atoms with van der Waals surface area (Å²) in [6.07, 6.45) is 3.23. The van der Waals surface area contributed by atoms with E-state index in [9.17, 15) is 0 Å². The van der Waals surface area contributed by atoms with Crippen molar-refractivity contribution in [3.8, 4) is 0 Å². The second-order valence-corrected chi connectivity index (χ2v) is 1.99. The summed E-state index contributed by atoms with van der Waals surface area (Å²) in [4.78, 5) is 5.52. The highest BCUT2D eigenvalue weighted by Gasteiger charge is 2.00. The number of nitrogens with one attached hydrogen (secondary N) is 1. The smallest absolute Gasteiger partial charge is 0.183 e. The zero-order chi connectivity index (χ0) is 5.11. The van der Waals surface area contributed by atoms with Gasteiger partial charge in [0, 0.05) is 13.0 Å². The first-order valence-electron chi connectivity index (χ1n) is 2.72. The molecule has 0 radical (unpaired) electrons. The second-order valence-electron chi connectivity index (χ2n) is 1.99. The van der Waals surface area contributed by atoms with Crippen LogP contribution >= 0.6 is 0 Å². The average Bonchev–Trinajstić information content (AvgIpc) is 1.69. The summed E-state index contributed by atoms with van der Waals surface area (Å²) in [5.41, 5.74) is 0. The Kier molecular flexibility index (Phi) is 1.42. The van der Waals surface area contributed by atoms with Crippen LogP contribution < -0.4 is 4.90 Å². The molecule has 0 bridgehead atoms. The fourth-order valence-electron chi connectivity index (χ4n) is 0.734. The zero-order valence-electron chi connectivity index (χ0n) is 4.65. The number of hydrogen-bond donors (Lipinski definition) is 1. The number of nitrogens with zero attached hydrogens (tertiary/aromatic N) is 1. The number of aliphatic imine (C=N–C) groups is 1. The molecule has 0 fully saturated rings. The molecule has 1 heterocycles. The Balaban J connectivity index is 2.36. The molecule has 1 N–H and O–H groups in total. The van der Waals surface area contributed by atoms with E-state index in [-0.39, 0.29) is 0 Å². The topological polar surface area (TPSA) is 16.8 Å². The van der Waals surface area contributed by atoms with Crippen LogP contribution in [0.4, 0.5) is 0 Å². The van der Waals surface area contributed by atoms with Gasteiger partial charge in [-0.3, -0.25) is 4.90 Å². The molecule has 0 aromatic rings. The standard InChI is InChI=1S/C5H10N2/c1-7-4-2-3-6-5-7/h5H,2-4H2,1H3/p+1. The van der Waals surface area contributed by atoms with Gasteiger partial charge in [-0.05, 0) is 0 Å². The van der Waals surface area contributed by atoms with Crippen molar-refractivity contribution in [2.75, 3.05) is 20.1 Å². The Bertz CT molecular complexity index is 78.1. The molecule has 0 amide bonds. The van der Waals surface area contributed by atoms with Crippen LogP contribution in [0.15, 0.2) is 4.99 Å². The van der Waals surface area contributed by atoms with Gasteiger partial charge in [-0.15, -0.1) is 0 Å². The molecule has 1 aliphatic rings. The molecule has 2 nitrogen and oxygen atoms in total. The quantitative estimate of drug-likeness (QED) is 0.398. The summed E-state index contributed by atoms with van der Waals surface area (Å²) in [6, 6.07) is 0. The molecule has 40 valence electrons. The van der Waals surface area contributed by atoms with Gasteiger partial charge < -0.3 is 0 Å². The predicted octanol–water partition coefficient (Wildman–Crippen LogP) is -1.07. The third-order valence-electron chi connectivity index (χ3n) is 1.17. The Labute approximate surface area is 43.8 Å². The predicted molar refractivity (Wildman–Crippen MR) is 29.7 cm³/mol. The molecule has 7 heavy (non-hydrogen) atoms. The highest BCUT2D eigenvalue weighted by molar-refractivity contribution is 5.43. The molecule has 2 heteroatoms. The van der Waals surface area contributed by atoms with Crippen LogP contribution in [0, 0.1) is 0 Å². The SMILES string of the molecule is C[NH+]1C=NCCC1. The number of quaternary nitrogens is 1. The molecule has 0 aliphatic carbocycles. The summed E-state index contributed by atoms with van der Waals surface area (Å²) < 4.78 is 0. The Hall–Kier alpha value is -0.370. The van der Waals surface area contributed by atoms with Gasteiger partial charge in [-0.2, -0.15) is 0 Å². The van der Waals surface area contributed by atoms with Crippen molar-refractivity contribution in [1.29, 1.82) is 0 Å². The van der Waals surface area contributed by atoms with Crippen molar-refractivity contribution in [2.24, 2.45) is 4.99 Å². The third-order valence-corrected chi connectivity index (χ3v) is 1.17. The van der Waals surface area contributed by atoms with Crippen LogP contribution in [-0.4, -0.2) is 26.5 Å². The van der Waals surface area contributed by atoms with Gasteiger partial charge in [0.1, 0.15) is 0 Å². The van der Waals surface area contributed by atoms with E-state index in [1.165, 1.54) is 17.9 Å². The van der Waals surface area contributed by atoms with Crippen molar-refractivity contribution in [2.45, 2.75) is 6.42 Å². The lowest BCUT2D eigenvalue weighted by Crippen LogP contribution is -3.08. The van der Waals surface area contributed by atoms with Crippen LogP contribution in [0.3, 0.4) is 0 Å². The van der Waals surface area contributed by atoms with E-state index in [0.29, 0.717) is 0 Å². The molecule has 0 aromatic carbocycles. The van der Waals surface area contributed by atoms with E-state index in [2.05, 4.69) is 12.0 Å². The van der Waals surface area contributed by atoms with Crippen molar-refractivity contribution in [3.05, 3.63) is 0 Å². The summed E-state index contributed by atoms with van der Waals surface area (Å²) >= 11 is 0. The zero-order valence-corrected chi connectivity index (χ0v) is 4.65. The molecule has 1 unspecified atom stereocenters. The molecule has 1 aliphatic heterocycles. The van der Waals surface area contributed by atoms with E-state index in [1.807, 2.05) is 6.34 Å². The first kappa shape index (κ1) is 4.78. The van der Waals surface area contributed by atoms with Gasteiger partial charge in [0.25, 0.3) is 0 Å². The van der Waals surface area contributed by atoms with E-state index >= 15 is 0 Å². The summed E-state index contributed by atoms with van der Waals surface area (Å²) in [5, 5.41) is 0. The van der Waals surface area contributed by atoms with Crippen molar-refractivity contribution in [3.63, 3.8) is 0 Å². The van der Waals surface area contributed by atoms with Crippen LogP contribution in [0.25, 0.3) is 0 Å². The molecule has 1 rings (SSSR count). The van der Waals surface area contributed by atoms with Crippen LogP contribution in [0.5, 0.6) is 0 Å². The lowest BCUT2D eigenvalue weighted by molar-refractivity contribution is -0.777. The number of rotatable bonds is 0. The first-order chi connectivity index (χ1) is 3.39. The minimum Gasteiger partial charge on any atom is -0.295 e. The maximum absolute atomic E-state index is 4.10. The summed E-state index contributed by atoms with van der Waals surface area (Å²) in [5.74, 6) is 0. The molecular formula is C5H11N2+. The molecule has 0 saturated carbocycles. The summed E-state index contributed by atoms with van der Waals surface area (Å²) in [6.45, 7) is 2.29. The first-order valence-corrected chi connectivity index (χ1v) is 2.72. The fourth-order valence-corrected chi connectivity index (χ4v) is 0.734. The van der Waals surface area contributed by atoms with Gasteiger partial charge in [0.2, 0.25) is 0 Å². The molecule has 0 spiro atoms. The molecule has 1 atom stereocenters. The minimum absolute atomic E-state index is 1.04. The highest BCUT2D eigenvalue weighted by atomic mass is 15.1. The lowest BCUT2D eigenvalue weighted by atomic mass is 10.4. The van der Waals surface area contributed by atoms with Gasteiger partial charge >= 0.3 is 0 Å². The van der Waals surface area contributed by atoms with Gasteiger partial charge in [-0.1, -0.05) is 0 Å². The van der Waals surface area contributed by atoms with Crippen molar-refractivity contribution in [1.82, 2.24) is 0 Å². The second kappa shape index (κ2) is 2.07. The van der Waals surface area contributed by atoms with Crippen molar-refractivity contribution >= 4 is 6.34 Å². The summed E-state index contributed by atoms with van der Waals surface area (Å²) in [7, 11) is 2.13. The van der Waals surface area contributed by atoms with Crippen LogP contribution in [-0.2, 0) is 0 Å². The Morgan fingerprint density at radius 1 is 1.71 bits per heavy atom. The largest absolute Gasteiger partial charge is 0.295 e. The Morgan fingerprint density at radius 2 is 2.57 bits per heavy atom. The lowest BCUT2D eigenvalue weighted by Gasteiger charge is -2.09. The maximum atomic E-state index is 4.10. The van der Waals surface area contributed by atoms with Crippen LogP contribution in [0.2, 0.25) is 0 Å². The molecule has 0 saturated heterocycles. The Morgan fingerprint density at radius 3 is 2.86 bits per heavy atom. The molecular weight excluding hydrogens is 88.1 g/mol. The van der Waals surface area contributed by atoms with E-state index in [1.54, 1.807) is 0 Å². The molecule has 0 aromatic heterocycles. The van der Waals surface area contributed by atoms with E-state index in [4.69, 9.17) is 0 Å². The van der Waals surface area contributed by atoms with Gasteiger partial charge in [0.15, 0.2) is 6.34 Å². The fraction of sp³-hybridized carbons (Fsp3) is 0.800. The minimum atomic E-state index is 1.04. The van der Waals surface area contributed by atoms with Crippen molar-refractivity contribution < 1.29 is 4.90 Å². The average molecular weight is 99.2 g/mol.